The predicted molar refractivity (Wildman–Crippen MR) is 112 cm³/mol. The van der Waals surface area contributed by atoms with Gasteiger partial charge < -0.3 is 15.7 Å². The van der Waals surface area contributed by atoms with Crippen molar-refractivity contribution in [3.8, 4) is 0 Å². The van der Waals surface area contributed by atoms with Crippen LogP contribution in [0, 0.1) is 5.41 Å². The highest BCUT2D eigenvalue weighted by atomic mass is 35.5. The van der Waals surface area contributed by atoms with Crippen molar-refractivity contribution in [2.24, 2.45) is 5.73 Å². The highest BCUT2D eigenvalue weighted by molar-refractivity contribution is 7.89. The van der Waals surface area contributed by atoms with Gasteiger partial charge in [-0.05, 0) is 30.3 Å². The maximum atomic E-state index is 12.6. The van der Waals surface area contributed by atoms with E-state index in [2.05, 4.69) is 19.9 Å². The molecular formula is C18H18ClN7O2S. The number of sulfonamides is 1. The number of nitrogen functional groups attached to an aromatic ring is 1. The Kier molecular flexibility index (Phi) is 4.56. The topological polar surface area (TPSA) is 145 Å². The molecule has 0 radical (unpaired) electrons. The Morgan fingerprint density at radius 1 is 1.14 bits per heavy atom. The summed E-state index contributed by atoms with van der Waals surface area (Å²) in [6.45, 7) is 0. The molecular weight excluding hydrogens is 414 g/mol. The molecule has 11 heteroatoms. The van der Waals surface area contributed by atoms with E-state index >= 15 is 0 Å². The lowest BCUT2D eigenvalue weighted by Gasteiger charge is -2.11. The number of amidine groups is 1. The van der Waals surface area contributed by atoms with Crippen LogP contribution in [0.1, 0.15) is 17.2 Å². The lowest BCUT2D eigenvalue weighted by molar-refractivity contribution is 0.521. The average Bonchev–Trinajstić information content (AvgIpc) is 3.22. The van der Waals surface area contributed by atoms with E-state index in [1.165, 1.54) is 20.2 Å². The molecule has 0 atom stereocenters. The minimum absolute atomic E-state index is 0.0276. The summed E-state index contributed by atoms with van der Waals surface area (Å²) in [7, 11) is -0.793. The minimum Gasteiger partial charge on any atom is -0.384 e. The van der Waals surface area contributed by atoms with Crippen LogP contribution in [0.25, 0.3) is 22.1 Å². The predicted octanol–water partition coefficient (Wildman–Crippen LogP) is 2.22. The number of hydrogen-bond donors (Lipinski definition) is 4. The lowest BCUT2D eigenvalue weighted by atomic mass is 10.2. The van der Waals surface area contributed by atoms with E-state index in [4.69, 9.17) is 22.7 Å². The molecule has 0 aliphatic heterocycles. The number of hydrogen-bond acceptors (Lipinski definition) is 5. The van der Waals surface area contributed by atoms with Gasteiger partial charge in [0.2, 0.25) is 10.0 Å². The van der Waals surface area contributed by atoms with Crippen LogP contribution in [0.15, 0.2) is 35.2 Å². The first-order valence-electron chi connectivity index (χ1n) is 8.59. The molecule has 0 amide bonds. The first-order valence-corrected chi connectivity index (χ1v) is 10.4. The van der Waals surface area contributed by atoms with Gasteiger partial charge >= 0.3 is 0 Å². The number of rotatable bonds is 5. The Balaban J connectivity index is 1.76. The van der Waals surface area contributed by atoms with Crippen molar-refractivity contribution in [2.75, 3.05) is 14.1 Å². The smallest absolute Gasteiger partial charge is 0.244 e. The van der Waals surface area contributed by atoms with Gasteiger partial charge in [-0.25, -0.2) is 22.7 Å². The Hall–Kier alpha value is -2.95. The summed E-state index contributed by atoms with van der Waals surface area (Å²) in [5.41, 5.74) is 8.46. The van der Waals surface area contributed by atoms with E-state index in [1.54, 1.807) is 18.2 Å². The van der Waals surface area contributed by atoms with Gasteiger partial charge in [-0.3, -0.25) is 5.41 Å². The molecule has 9 nitrogen and oxygen atoms in total. The normalized spacial score (nSPS) is 12.3. The van der Waals surface area contributed by atoms with Crippen molar-refractivity contribution in [3.63, 3.8) is 0 Å². The van der Waals surface area contributed by atoms with Crippen LogP contribution in [0.4, 0.5) is 0 Å². The number of fused-ring (bicyclic) bond motifs is 2. The van der Waals surface area contributed by atoms with Crippen LogP contribution in [-0.4, -0.2) is 52.6 Å². The number of halogens is 1. The van der Waals surface area contributed by atoms with E-state index in [9.17, 15) is 8.42 Å². The van der Waals surface area contributed by atoms with Crippen molar-refractivity contribution in [1.82, 2.24) is 24.2 Å². The van der Waals surface area contributed by atoms with Crippen LogP contribution < -0.4 is 5.73 Å². The quantitative estimate of drug-likeness (QED) is 0.283. The Labute approximate surface area is 171 Å². The zero-order valence-corrected chi connectivity index (χ0v) is 17.2. The second-order valence-electron chi connectivity index (χ2n) is 6.78. The monoisotopic (exact) mass is 431 g/mol. The van der Waals surface area contributed by atoms with Gasteiger partial charge in [0.15, 0.2) is 0 Å². The summed E-state index contributed by atoms with van der Waals surface area (Å²) in [5, 5.41) is 7.84. The van der Waals surface area contributed by atoms with Gasteiger partial charge in [-0.1, -0.05) is 11.6 Å². The number of nitrogens with zero attached hydrogens (tertiary/aromatic N) is 3. The van der Waals surface area contributed by atoms with Crippen LogP contribution >= 0.6 is 11.6 Å². The SMILES string of the molecule is CN(C)S(=O)(=O)c1cc(Cl)cc2[nH]c(Cc3nc4cc(C(=N)N)ccc4[nH]3)nc12. The summed E-state index contributed by atoms with van der Waals surface area (Å²) >= 11 is 6.12. The molecule has 0 spiro atoms. The zero-order valence-electron chi connectivity index (χ0n) is 15.6. The Morgan fingerprint density at radius 2 is 1.83 bits per heavy atom. The van der Waals surface area contributed by atoms with Crippen molar-refractivity contribution in [1.29, 1.82) is 5.41 Å². The molecule has 0 fully saturated rings. The average molecular weight is 432 g/mol. The van der Waals surface area contributed by atoms with Crippen LogP contribution in [0.2, 0.25) is 5.02 Å². The largest absolute Gasteiger partial charge is 0.384 e. The van der Waals surface area contributed by atoms with Gasteiger partial charge in [-0.2, -0.15) is 0 Å². The summed E-state index contributed by atoms with van der Waals surface area (Å²) in [6, 6.07) is 8.32. The molecule has 2 heterocycles. The maximum Gasteiger partial charge on any atom is 0.244 e. The second-order valence-corrected chi connectivity index (χ2v) is 9.33. The van der Waals surface area contributed by atoms with Crippen LogP contribution in [0.5, 0.6) is 0 Å². The molecule has 29 heavy (non-hydrogen) atoms. The van der Waals surface area contributed by atoms with Crippen molar-refractivity contribution < 1.29 is 8.42 Å². The molecule has 5 N–H and O–H groups in total. The van der Waals surface area contributed by atoms with Gasteiger partial charge in [0.25, 0.3) is 0 Å². The fraction of sp³-hybridized carbons (Fsp3) is 0.167. The first kappa shape index (κ1) is 19.4. The van der Waals surface area contributed by atoms with Gasteiger partial charge in [-0.15, -0.1) is 0 Å². The fourth-order valence-electron chi connectivity index (χ4n) is 3.05. The molecule has 2 aromatic heterocycles. The molecule has 0 saturated heterocycles. The van der Waals surface area contributed by atoms with Gasteiger partial charge in [0.05, 0.1) is 23.0 Å². The standard InChI is InChI=1S/C18H18ClN7O2S/c1-26(2)29(27,28)14-7-10(19)6-13-17(14)25-16(24-13)8-15-22-11-4-3-9(18(20)21)5-12(11)23-15/h3-7H,8H2,1-2H3,(H3,20,21)(H,22,23)(H,24,25). The summed E-state index contributed by atoms with van der Waals surface area (Å²) < 4.78 is 26.4. The Bertz CT molecular complexity index is 1370. The van der Waals surface area contributed by atoms with E-state index < -0.39 is 10.0 Å². The number of aromatic amines is 2. The van der Waals surface area contributed by atoms with E-state index in [1.807, 2.05) is 6.07 Å². The molecule has 4 rings (SSSR count). The fourth-order valence-corrected chi connectivity index (χ4v) is 4.40. The number of benzene rings is 2. The van der Waals surface area contributed by atoms with E-state index in [0.717, 1.165) is 9.82 Å². The molecule has 0 aliphatic carbocycles. The van der Waals surface area contributed by atoms with E-state index in [0.29, 0.717) is 45.2 Å². The Morgan fingerprint density at radius 3 is 2.52 bits per heavy atom. The maximum absolute atomic E-state index is 12.6. The highest BCUT2D eigenvalue weighted by Crippen LogP contribution is 2.28. The summed E-state index contributed by atoms with van der Waals surface area (Å²) in [6.07, 6.45) is 0.331. The van der Waals surface area contributed by atoms with Gasteiger partial charge in [0.1, 0.15) is 27.9 Å². The third kappa shape index (κ3) is 3.46. The zero-order chi connectivity index (χ0) is 20.9. The van der Waals surface area contributed by atoms with Crippen molar-refractivity contribution in [2.45, 2.75) is 11.3 Å². The first-order chi connectivity index (χ1) is 13.6. The molecule has 150 valence electrons. The number of nitrogens with one attached hydrogen (secondary N) is 3. The highest BCUT2D eigenvalue weighted by Gasteiger charge is 2.23. The molecule has 0 aliphatic rings. The molecule has 4 aromatic rings. The van der Waals surface area contributed by atoms with Crippen LogP contribution in [-0.2, 0) is 16.4 Å². The summed E-state index contributed by atoms with van der Waals surface area (Å²) in [5.74, 6) is 1.16. The summed E-state index contributed by atoms with van der Waals surface area (Å²) in [4.78, 5) is 15.4. The van der Waals surface area contributed by atoms with E-state index in [-0.39, 0.29) is 10.7 Å². The lowest BCUT2D eigenvalue weighted by Crippen LogP contribution is -2.22. The number of H-pyrrole nitrogens is 2. The van der Waals surface area contributed by atoms with Gasteiger partial charge in [0, 0.05) is 24.7 Å². The van der Waals surface area contributed by atoms with Crippen LogP contribution in [0.3, 0.4) is 0 Å². The minimum atomic E-state index is -3.71. The van der Waals surface area contributed by atoms with Crippen molar-refractivity contribution in [3.05, 3.63) is 52.6 Å². The molecule has 0 bridgehead atoms. The third-order valence-electron chi connectivity index (χ3n) is 4.50. The molecule has 2 aromatic carbocycles. The second kappa shape index (κ2) is 6.83. The number of nitrogens with two attached hydrogens (primary N) is 1. The van der Waals surface area contributed by atoms with Crippen molar-refractivity contribution >= 4 is 49.5 Å². The third-order valence-corrected chi connectivity index (χ3v) is 6.55. The number of imidazole rings is 2. The molecule has 0 unspecified atom stereocenters. The molecule has 0 saturated carbocycles. The number of aromatic nitrogens is 4.